The van der Waals surface area contributed by atoms with Crippen molar-refractivity contribution < 1.29 is 19.0 Å². The first-order valence-corrected chi connectivity index (χ1v) is 9.85. The summed E-state index contributed by atoms with van der Waals surface area (Å²) in [4.78, 5) is 13.0. The fourth-order valence-electron chi connectivity index (χ4n) is 3.38. The van der Waals surface area contributed by atoms with Crippen LogP contribution in [0.1, 0.15) is 26.9 Å². The minimum Gasteiger partial charge on any atom is -0.497 e. The molecule has 2 atom stereocenters. The van der Waals surface area contributed by atoms with Crippen LogP contribution in [-0.2, 0) is 6.61 Å². The first-order valence-electron chi connectivity index (χ1n) is 9.41. The van der Waals surface area contributed by atoms with Crippen LogP contribution in [0.15, 0.2) is 72.8 Å². The number of ketones is 1. The summed E-state index contributed by atoms with van der Waals surface area (Å²) < 4.78 is 17.0. The third-order valence-corrected chi connectivity index (χ3v) is 5.53. The van der Waals surface area contributed by atoms with Crippen molar-refractivity contribution in [2.45, 2.75) is 12.0 Å². The number of halogens is 1. The van der Waals surface area contributed by atoms with E-state index in [-0.39, 0.29) is 12.4 Å². The zero-order chi connectivity index (χ0) is 20.2. The van der Waals surface area contributed by atoms with E-state index in [0.29, 0.717) is 29.4 Å². The predicted octanol–water partition coefficient (Wildman–Crippen LogP) is 5.45. The van der Waals surface area contributed by atoms with Gasteiger partial charge in [0.2, 0.25) is 0 Å². The summed E-state index contributed by atoms with van der Waals surface area (Å²) in [5, 5.41) is -0.472. The molecule has 4 nitrogen and oxygen atoms in total. The Bertz CT molecular complexity index is 1000. The number of Topliss-reactive ketones (excluding diaryl/α,β-unsaturated/α-hetero) is 1. The van der Waals surface area contributed by atoms with Crippen molar-refractivity contribution in [2.75, 3.05) is 13.7 Å². The Morgan fingerprint density at radius 2 is 1.86 bits per heavy atom. The number of carbonyl (C=O) groups excluding carboxylic acids is 1. The summed E-state index contributed by atoms with van der Waals surface area (Å²) in [6.07, 6.45) is 0. The van der Waals surface area contributed by atoms with Gasteiger partial charge in [-0.15, -0.1) is 11.6 Å². The van der Waals surface area contributed by atoms with E-state index in [4.69, 9.17) is 25.8 Å². The van der Waals surface area contributed by atoms with E-state index < -0.39 is 11.3 Å². The molecule has 0 fully saturated rings. The van der Waals surface area contributed by atoms with E-state index in [9.17, 15) is 4.79 Å². The molecule has 0 radical (unpaired) electrons. The van der Waals surface area contributed by atoms with Gasteiger partial charge < -0.3 is 14.2 Å². The van der Waals surface area contributed by atoms with Crippen LogP contribution >= 0.6 is 11.6 Å². The van der Waals surface area contributed by atoms with Gasteiger partial charge in [0.1, 0.15) is 30.5 Å². The van der Waals surface area contributed by atoms with Gasteiger partial charge in [0.25, 0.3) is 0 Å². The second kappa shape index (κ2) is 8.58. The van der Waals surface area contributed by atoms with Crippen LogP contribution in [0.5, 0.6) is 17.2 Å². The van der Waals surface area contributed by atoms with Crippen LogP contribution in [0.4, 0.5) is 0 Å². The average Bonchev–Trinajstić information content (AvgIpc) is 2.78. The van der Waals surface area contributed by atoms with Crippen LogP contribution in [-0.4, -0.2) is 19.5 Å². The highest BCUT2D eigenvalue weighted by molar-refractivity contribution is 6.23. The van der Waals surface area contributed by atoms with E-state index in [1.165, 1.54) is 0 Å². The van der Waals surface area contributed by atoms with Crippen molar-refractivity contribution in [3.8, 4) is 17.2 Å². The number of hydrogen-bond acceptors (Lipinski definition) is 4. The summed E-state index contributed by atoms with van der Waals surface area (Å²) in [5.74, 6) is 1.48. The second-order valence-electron chi connectivity index (χ2n) is 6.89. The monoisotopic (exact) mass is 408 g/mol. The topological polar surface area (TPSA) is 44.8 Å². The van der Waals surface area contributed by atoms with Crippen LogP contribution in [0.25, 0.3) is 0 Å². The molecule has 2 unspecified atom stereocenters. The molecule has 0 aliphatic carbocycles. The Hall–Kier alpha value is -2.98. The summed E-state index contributed by atoms with van der Waals surface area (Å²) in [6.45, 7) is 0.695. The Kier molecular flexibility index (Phi) is 5.72. The van der Waals surface area contributed by atoms with Gasteiger partial charge in [-0.3, -0.25) is 4.79 Å². The average molecular weight is 409 g/mol. The van der Waals surface area contributed by atoms with Crippen molar-refractivity contribution in [3.63, 3.8) is 0 Å². The van der Waals surface area contributed by atoms with Crippen molar-refractivity contribution in [1.29, 1.82) is 0 Å². The highest BCUT2D eigenvalue weighted by Gasteiger charge is 2.35. The molecule has 0 bridgehead atoms. The lowest BCUT2D eigenvalue weighted by Gasteiger charge is -2.29. The lowest BCUT2D eigenvalue weighted by atomic mass is 9.89. The van der Waals surface area contributed by atoms with Gasteiger partial charge in [-0.05, 0) is 23.8 Å². The molecule has 0 spiro atoms. The summed E-state index contributed by atoms with van der Waals surface area (Å²) in [7, 11) is 1.57. The van der Waals surface area contributed by atoms with Crippen molar-refractivity contribution in [1.82, 2.24) is 0 Å². The molecule has 0 amide bonds. The Morgan fingerprint density at radius 1 is 1.03 bits per heavy atom. The van der Waals surface area contributed by atoms with Gasteiger partial charge in [-0.1, -0.05) is 48.5 Å². The lowest BCUT2D eigenvalue weighted by molar-refractivity contribution is 0.0848. The molecule has 148 valence electrons. The van der Waals surface area contributed by atoms with Crippen molar-refractivity contribution in [2.24, 2.45) is 5.92 Å². The molecule has 0 N–H and O–H groups in total. The standard InChI is InChI=1S/C24H21ClO4/c1-27-18-9-5-8-17(12-18)24(26)21-15-29-22-13-19(10-11-20(22)23(21)25)28-14-16-6-3-2-4-7-16/h2-13,21,23H,14-15H2,1H3. The van der Waals surface area contributed by atoms with Crippen LogP contribution < -0.4 is 14.2 Å². The number of alkyl halides is 1. The summed E-state index contributed by atoms with van der Waals surface area (Å²) in [6, 6.07) is 22.6. The fourth-order valence-corrected chi connectivity index (χ4v) is 3.75. The first kappa shape index (κ1) is 19.3. The van der Waals surface area contributed by atoms with Gasteiger partial charge >= 0.3 is 0 Å². The minimum atomic E-state index is -0.472. The molecule has 1 aliphatic heterocycles. The van der Waals surface area contributed by atoms with Gasteiger partial charge in [0.05, 0.1) is 18.4 Å². The molecule has 3 aromatic carbocycles. The second-order valence-corrected chi connectivity index (χ2v) is 7.36. The number of hydrogen-bond donors (Lipinski definition) is 0. The van der Waals surface area contributed by atoms with E-state index in [1.807, 2.05) is 48.5 Å². The quantitative estimate of drug-likeness (QED) is 0.402. The van der Waals surface area contributed by atoms with Gasteiger partial charge in [-0.25, -0.2) is 0 Å². The molecule has 3 aromatic rings. The van der Waals surface area contributed by atoms with E-state index >= 15 is 0 Å². The SMILES string of the molecule is COc1cccc(C(=O)C2COc3cc(OCc4ccccc4)ccc3C2Cl)c1. The Labute approximate surface area is 175 Å². The minimum absolute atomic E-state index is 0.0565. The molecule has 4 rings (SSSR count). The van der Waals surface area contributed by atoms with E-state index in [1.54, 1.807) is 31.4 Å². The Balaban J connectivity index is 1.49. The zero-order valence-corrected chi connectivity index (χ0v) is 16.8. The van der Waals surface area contributed by atoms with E-state index in [2.05, 4.69) is 0 Å². The molecule has 0 aromatic heterocycles. The Morgan fingerprint density at radius 3 is 2.66 bits per heavy atom. The predicted molar refractivity (Wildman–Crippen MR) is 112 cm³/mol. The summed E-state index contributed by atoms with van der Waals surface area (Å²) in [5.41, 5.74) is 2.45. The maximum absolute atomic E-state index is 13.0. The van der Waals surface area contributed by atoms with Gasteiger partial charge in [-0.2, -0.15) is 0 Å². The third kappa shape index (κ3) is 4.22. The number of fused-ring (bicyclic) bond motifs is 1. The van der Waals surface area contributed by atoms with Crippen LogP contribution in [0, 0.1) is 5.92 Å². The van der Waals surface area contributed by atoms with Crippen LogP contribution in [0.3, 0.4) is 0 Å². The lowest BCUT2D eigenvalue weighted by Crippen LogP contribution is -2.30. The highest BCUT2D eigenvalue weighted by atomic mass is 35.5. The van der Waals surface area contributed by atoms with Gasteiger partial charge in [0, 0.05) is 17.2 Å². The van der Waals surface area contributed by atoms with Crippen LogP contribution in [0.2, 0.25) is 0 Å². The summed E-state index contributed by atoms with van der Waals surface area (Å²) >= 11 is 6.68. The third-order valence-electron chi connectivity index (χ3n) is 4.99. The van der Waals surface area contributed by atoms with Crippen molar-refractivity contribution in [3.05, 3.63) is 89.5 Å². The van der Waals surface area contributed by atoms with Gasteiger partial charge in [0.15, 0.2) is 5.78 Å². The normalized spacial score (nSPS) is 17.7. The number of rotatable bonds is 6. The zero-order valence-electron chi connectivity index (χ0n) is 16.0. The smallest absolute Gasteiger partial charge is 0.171 e. The maximum Gasteiger partial charge on any atom is 0.171 e. The molecule has 0 saturated carbocycles. The molecular weight excluding hydrogens is 388 g/mol. The molecule has 0 saturated heterocycles. The first-order chi connectivity index (χ1) is 14.2. The fraction of sp³-hybridized carbons (Fsp3) is 0.208. The molecule has 29 heavy (non-hydrogen) atoms. The largest absolute Gasteiger partial charge is 0.497 e. The molecule has 1 heterocycles. The van der Waals surface area contributed by atoms with E-state index in [0.717, 1.165) is 11.1 Å². The maximum atomic E-state index is 13.0. The number of ether oxygens (including phenoxy) is 3. The highest BCUT2D eigenvalue weighted by Crippen LogP contribution is 2.42. The molecular formula is C24H21ClO4. The number of benzene rings is 3. The molecule has 1 aliphatic rings. The number of methoxy groups -OCH3 is 1. The molecule has 5 heteroatoms. The number of carbonyl (C=O) groups is 1. The van der Waals surface area contributed by atoms with Crippen molar-refractivity contribution >= 4 is 17.4 Å².